The van der Waals surface area contributed by atoms with E-state index in [2.05, 4.69) is 135 Å². The molecule has 0 aliphatic carbocycles. The van der Waals surface area contributed by atoms with Gasteiger partial charge in [0.05, 0.1) is 13.2 Å². The van der Waals surface area contributed by atoms with Gasteiger partial charge in [-0.1, -0.05) is 94.4 Å². The summed E-state index contributed by atoms with van der Waals surface area (Å²) in [5, 5.41) is 9.31. The van der Waals surface area contributed by atoms with Gasteiger partial charge in [-0.2, -0.15) is 0 Å². The van der Waals surface area contributed by atoms with E-state index in [-0.39, 0.29) is 29.6 Å². The van der Waals surface area contributed by atoms with E-state index in [1.807, 2.05) is 33.8 Å². The molecule has 4 aromatic carbocycles. The molecule has 0 saturated carbocycles. The summed E-state index contributed by atoms with van der Waals surface area (Å²) in [5.74, 6) is 0.761. The van der Waals surface area contributed by atoms with E-state index in [4.69, 9.17) is 28.4 Å². The monoisotopic (exact) mass is 849 g/mol. The number of aliphatic hydroxyl groups excluding tert-OH is 1. The van der Waals surface area contributed by atoms with Crippen LogP contribution in [0.5, 0.6) is 11.5 Å². The molecule has 0 unspecified atom stereocenters. The number of rotatable bonds is 18. The van der Waals surface area contributed by atoms with E-state index < -0.39 is 11.6 Å². The second-order valence-electron chi connectivity index (χ2n) is 18.3. The summed E-state index contributed by atoms with van der Waals surface area (Å²) in [7, 11) is 0. The summed E-state index contributed by atoms with van der Waals surface area (Å²) in [5.41, 5.74) is 12.8. The van der Waals surface area contributed by atoms with Crippen LogP contribution in [0.4, 0.5) is 0 Å². The first-order valence-electron chi connectivity index (χ1n) is 23.0. The van der Waals surface area contributed by atoms with Gasteiger partial charge in [-0.05, 0) is 162 Å². The molecule has 7 nitrogen and oxygen atoms in total. The van der Waals surface area contributed by atoms with Crippen molar-refractivity contribution in [1.29, 1.82) is 0 Å². The lowest BCUT2D eigenvalue weighted by atomic mass is 9.70. The number of aliphatic hydroxyl groups is 1. The minimum absolute atomic E-state index is 0.00676. The van der Waals surface area contributed by atoms with Crippen molar-refractivity contribution in [3.05, 3.63) is 141 Å². The van der Waals surface area contributed by atoms with Crippen molar-refractivity contribution < 1.29 is 33.5 Å². The number of allylic oxidation sites excluding steroid dienone is 1. The normalized spacial score (nSPS) is 18.3. The Morgan fingerprint density at radius 3 is 1.27 bits per heavy atom. The highest BCUT2D eigenvalue weighted by atomic mass is 16.8. The highest BCUT2D eigenvalue weighted by molar-refractivity contribution is 5.48. The maximum absolute atomic E-state index is 9.31. The molecule has 2 fully saturated rings. The molecule has 2 heterocycles. The number of benzene rings is 4. The molecular weight excluding hydrogens is 773 g/mol. The molecule has 0 amide bonds. The molecule has 0 spiro atoms. The highest BCUT2D eigenvalue weighted by Gasteiger charge is 2.36. The Balaban J connectivity index is 0.000000234. The Hall–Kier alpha value is -3.98. The van der Waals surface area contributed by atoms with E-state index in [0.29, 0.717) is 32.8 Å². The van der Waals surface area contributed by atoms with Crippen LogP contribution in [0.3, 0.4) is 0 Å². The van der Waals surface area contributed by atoms with Crippen molar-refractivity contribution in [3.63, 3.8) is 0 Å². The molecule has 2 aliphatic heterocycles. The standard InChI is InChI=1S/C28H38O3.C27H38O4/c1-8-11-22-12-13-23(16-20(22)4)28(9-2,10-3)24-14-15-26(21(5)17-24)29-18-25-19-30-27(6,7)31-25;1-7-27(8-2,22-10-9-21(13-14-28)19(3)15-22)23-11-12-25(20(4)16-23)29-17-24-18-30-26(5,6)31-24/h8,12-17,25H,1,9-11,18-19H2,2-7H3;9-12,15-16,24,28H,7-8,13-14,17-18H2,1-6H3/t25-;24-/m11/s1. The van der Waals surface area contributed by atoms with Crippen LogP contribution in [0.2, 0.25) is 0 Å². The molecule has 0 bridgehead atoms. The second kappa shape index (κ2) is 21.1. The van der Waals surface area contributed by atoms with Crippen molar-refractivity contribution in [2.45, 2.75) is 156 Å². The Morgan fingerprint density at radius 1 is 0.597 bits per heavy atom. The zero-order chi connectivity index (χ0) is 45.3. The van der Waals surface area contributed by atoms with Crippen LogP contribution in [0.1, 0.15) is 137 Å². The SMILES string of the molecule is C=CCc1ccc(C(CC)(CC)c2ccc(OC[C@@H]3COC(C)(C)O3)c(C)c2)cc1C.CCC(CC)(c1ccc(CCO)c(C)c1)c1ccc(OC[C@@H]2COC(C)(C)O2)c(C)c1. The maximum atomic E-state index is 9.31. The van der Waals surface area contributed by atoms with Crippen LogP contribution in [-0.4, -0.2) is 61.9 Å². The Labute approximate surface area is 374 Å². The first kappa shape index (κ1) is 49.0. The van der Waals surface area contributed by atoms with Gasteiger partial charge in [0.25, 0.3) is 0 Å². The number of aryl methyl sites for hydroxylation is 4. The second-order valence-corrected chi connectivity index (χ2v) is 18.3. The van der Waals surface area contributed by atoms with Gasteiger partial charge in [0.1, 0.15) is 36.9 Å². The topological polar surface area (TPSA) is 75.6 Å². The van der Waals surface area contributed by atoms with Gasteiger partial charge in [0.15, 0.2) is 11.6 Å². The molecule has 2 saturated heterocycles. The smallest absolute Gasteiger partial charge is 0.163 e. The quantitative estimate of drug-likeness (QED) is 0.1000. The van der Waals surface area contributed by atoms with Gasteiger partial charge >= 0.3 is 0 Å². The van der Waals surface area contributed by atoms with Gasteiger partial charge in [-0.3, -0.25) is 0 Å². The van der Waals surface area contributed by atoms with Crippen molar-refractivity contribution in [2.24, 2.45) is 0 Å². The summed E-state index contributed by atoms with van der Waals surface area (Å²) in [6.45, 7) is 31.6. The number of hydrogen-bond donors (Lipinski definition) is 1. The van der Waals surface area contributed by atoms with Crippen LogP contribution in [-0.2, 0) is 42.6 Å². The van der Waals surface area contributed by atoms with Gasteiger partial charge in [0, 0.05) is 17.4 Å². The fourth-order valence-corrected chi connectivity index (χ4v) is 9.51. The lowest BCUT2D eigenvalue weighted by Gasteiger charge is -2.34. The first-order valence-corrected chi connectivity index (χ1v) is 23.0. The zero-order valence-electron chi connectivity index (χ0n) is 40.0. The van der Waals surface area contributed by atoms with E-state index in [1.54, 1.807) is 0 Å². The Morgan fingerprint density at radius 2 is 0.968 bits per heavy atom. The van der Waals surface area contributed by atoms with E-state index in [1.165, 1.54) is 44.5 Å². The summed E-state index contributed by atoms with van der Waals surface area (Å²) in [6.07, 6.45) is 7.65. The molecule has 7 heteroatoms. The molecule has 0 radical (unpaired) electrons. The Bertz CT molecular complexity index is 2090. The molecular formula is C55H76O7. The molecule has 6 rings (SSSR count). The molecule has 2 aliphatic rings. The lowest BCUT2D eigenvalue weighted by molar-refractivity contribution is -0.141. The van der Waals surface area contributed by atoms with E-state index in [9.17, 15) is 5.11 Å². The van der Waals surface area contributed by atoms with Crippen LogP contribution in [0.15, 0.2) is 85.5 Å². The first-order chi connectivity index (χ1) is 29.5. The molecule has 1 N–H and O–H groups in total. The van der Waals surface area contributed by atoms with Crippen molar-refractivity contribution in [3.8, 4) is 11.5 Å². The molecule has 0 aromatic heterocycles. The third-order valence-electron chi connectivity index (χ3n) is 13.4. The molecule has 338 valence electrons. The predicted octanol–water partition coefficient (Wildman–Crippen LogP) is 12.1. The summed E-state index contributed by atoms with van der Waals surface area (Å²) in [4.78, 5) is 0. The van der Waals surface area contributed by atoms with Gasteiger partial charge < -0.3 is 33.5 Å². The van der Waals surface area contributed by atoms with E-state index >= 15 is 0 Å². The third-order valence-corrected chi connectivity index (χ3v) is 13.4. The summed E-state index contributed by atoms with van der Waals surface area (Å²) >= 11 is 0. The van der Waals surface area contributed by atoms with Gasteiger partial charge in [-0.15, -0.1) is 6.58 Å². The fraction of sp³-hybridized carbons (Fsp3) is 0.527. The zero-order valence-corrected chi connectivity index (χ0v) is 40.0. The highest BCUT2D eigenvalue weighted by Crippen LogP contribution is 2.43. The minimum atomic E-state index is -0.528. The van der Waals surface area contributed by atoms with Crippen LogP contribution in [0.25, 0.3) is 0 Å². The van der Waals surface area contributed by atoms with Crippen molar-refractivity contribution in [2.75, 3.05) is 33.0 Å². The third kappa shape index (κ3) is 11.4. The Kier molecular flexibility index (Phi) is 16.7. The fourth-order valence-electron chi connectivity index (χ4n) is 9.51. The number of ether oxygens (including phenoxy) is 6. The van der Waals surface area contributed by atoms with E-state index in [0.717, 1.165) is 54.7 Å². The predicted molar refractivity (Wildman–Crippen MR) is 253 cm³/mol. The van der Waals surface area contributed by atoms with Gasteiger partial charge in [0.2, 0.25) is 0 Å². The molecule has 4 aromatic rings. The van der Waals surface area contributed by atoms with Crippen LogP contribution < -0.4 is 9.47 Å². The van der Waals surface area contributed by atoms with Crippen LogP contribution in [0, 0.1) is 27.7 Å². The largest absolute Gasteiger partial charge is 0.491 e. The summed E-state index contributed by atoms with van der Waals surface area (Å²) in [6, 6.07) is 26.9. The molecule has 62 heavy (non-hydrogen) atoms. The van der Waals surface area contributed by atoms with Gasteiger partial charge in [-0.25, -0.2) is 0 Å². The van der Waals surface area contributed by atoms with Crippen molar-refractivity contribution in [1.82, 2.24) is 0 Å². The maximum Gasteiger partial charge on any atom is 0.163 e. The minimum Gasteiger partial charge on any atom is -0.491 e. The molecule has 2 atom stereocenters. The lowest BCUT2D eigenvalue weighted by Crippen LogP contribution is -2.27. The average Bonchev–Trinajstić information content (AvgIpc) is 3.79. The number of hydrogen-bond acceptors (Lipinski definition) is 7. The van der Waals surface area contributed by atoms with Crippen LogP contribution >= 0.6 is 0 Å². The average molecular weight is 849 g/mol. The van der Waals surface area contributed by atoms with Crippen molar-refractivity contribution >= 4 is 0 Å². The summed E-state index contributed by atoms with van der Waals surface area (Å²) < 4.78 is 35.2.